The van der Waals surface area contributed by atoms with Gasteiger partial charge in [-0.1, -0.05) is 6.07 Å². The number of rotatable bonds is 3. The van der Waals surface area contributed by atoms with Gasteiger partial charge in [0.15, 0.2) is 0 Å². The Balaban J connectivity index is 1.83. The molecule has 1 N–H and O–H groups in total. The maximum atomic E-state index is 12.5. The Morgan fingerprint density at radius 3 is 2.95 bits per heavy atom. The summed E-state index contributed by atoms with van der Waals surface area (Å²) in [4.78, 5) is 30.6. The number of nitrogens with zero attached hydrogens (tertiary/aromatic N) is 2. The van der Waals surface area contributed by atoms with E-state index in [1.165, 1.54) is 16.2 Å². The number of hydrogen-bond acceptors (Lipinski definition) is 6. The van der Waals surface area contributed by atoms with Crippen molar-refractivity contribution >= 4 is 46.3 Å². The number of carbonyl (C=O) groups is 2. The minimum absolute atomic E-state index is 0.290. The summed E-state index contributed by atoms with van der Waals surface area (Å²) in [6.45, 7) is 0.451. The second-order valence-electron chi connectivity index (χ2n) is 4.44. The highest BCUT2D eigenvalue weighted by Crippen LogP contribution is 2.29. The highest BCUT2D eigenvalue weighted by atomic mass is 32.2. The van der Waals surface area contributed by atoms with Gasteiger partial charge in [-0.3, -0.25) is 4.79 Å². The zero-order valence-electron chi connectivity index (χ0n) is 10.9. The van der Waals surface area contributed by atoms with E-state index in [0.717, 1.165) is 15.6 Å². The Hall–Kier alpha value is -1.38. The number of thiazole rings is 1. The molecule has 1 fully saturated rings. The van der Waals surface area contributed by atoms with Crippen molar-refractivity contribution in [3.63, 3.8) is 0 Å². The number of amides is 1. The maximum Gasteiger partial charge on any atom is 0.327 e. The first kappa shape index (κ1) is 14.6. The molecular formula is C13H12N2O3S3. The van der Waals surface area contributed by atoms with E-state index in [9.17, 15) is 14.7 Å². The van der Waals surface area contributed by atoms with Crippen LogP contribution in [-0.4, -0.2) is 51.0 Å². The van der Waals surface area contributed by atoms with Crippen LogP contribution >= 0.6 is 34.4 Å². The summed E-state index contributed by atoms with van der Waals surface area (Å²) in [6.07, 6.45) is 0. The van der Waals surface area contributed by atoms with Crippen molar-refractivity contribution in [2.75, 3.05) is 18.1 Å². The summed E-state index contributed by atoms with van der Waals surface area (Å²) in [5.74, 6) is -0.0496. The number of aromatic nitrogens is 1. The van der Waals surface area contributed by atoms with Gasteiger partial charge in [0.25, 0.3) is 5.91 Å². The first-order valence-corrected chi connectivity index (χ1v) is 9.19. The Bertz CT molecular complexity index is 653. The molecular weight excluding hydrogens is 328 g/mol. The predicted octanol–water partition coefficient (Wildman–Crippen LogP) is 2.51. The van der Waals surface area contributed by atoms with Crippen LogP contribution in [0, 0.1) is 0 Å². The number of carboxylic acid groups (broad SMARTS) is 1. The molecule has 0 aliphatic carbocycles. The molecule has 3 heterocycles. The normalized spacial score (nSPS) is 18.7. The average molecular weight is 340 g/mol. The fourth-order valence-corrected chi connectivity index (χ4v) is 4.73. The standard InChI is InChI=1S/C13H12N2O3S3/c16-12(15-3-5-19-7-9(15)13(17)18)8-6-21-11(14-8)10-2-1-4-20-10/h1-2,4,6,9H,3,5,7H2,(H,17,18). The molecule has 2 aromatic rings. The van der Waals surface area contributed by atoms with Gasteiger partial charge < -0.3 is 10.0 Å². The van der Waals surface area contributed by atoms with Crippen LogP contribution in [0.1, 0.15) is 10.5 Å². The lowest BCUT2D eigenvalue weighted by Crippen LogP contribution is -2.50. The second kappa shape index (κ2) is 6.17. The zero-order valence-corrected chi connectivity index (χ0v) is 13.3. The molecule has 0 radical (unpaired) electrons. The summed E-state index contributed by atoms with van der Waals surface area (Å²) in [6, 6.07) is 3.13. The molecule has 0 spiro atoms. The number of hydrogen-bond donors (Lipinski definition) is 1. The van der Waals surface area contributed by atoms with Crippen LogP contribution in [0.4, 0.5) is 0 Å². The Morgan fingerprint density at radius 1 is 1.38 bits per heavy atom. The van der Waals surface area contributed by atoms with E-state index in [0.29, 0.717) is 18.0 Å². The quantitative estimate of drug-likeness (QED) is 0.930. The van der Waals surface area contributed by atoms with Gasteiger partial charge in [0.1, 0.15) is 16.7 Å². The lowest BCUT2D eigenvalue weighted by molar-refractivity contribution is -0.141. The first-order chi connectivity index (χ1) is 10.2. The van der Waals surface area contributed by atoms with Gasteiger partial charge in [0, 0.05) is 23.4 Å². The number of aliphatic carboxylic acids is 1. The van der Waals surface area contributed by atoms with Crippen LogP contribution < -0.4 is 0 Å². The molecule has 0 saturated carbocycles. The minimum atomic E-state index is -0.954. The predicted molar refractivity (Wildman–Crippen MR) is 85.2 cm³/mol. The summed E-state index contributed by atoms with van der Waals surface area (Å²) in [7, 11) is 0. The fourth-order valence-electron chi connectivity index (χ4n) is 2.08. The van der Waals surface area contributed by atoms with Crippen molar-refractivity contribution < 1.29 is 14.7 Å². The molecule has 1 aliphatic heterocycles. The molecule has 1 unspecified atom stereocenters. The molecule has 0 bridgehead atoms. The van der Waals surface area contributed by atoms with E-state index < -0.39 is 12.0 Å². The first-order valence-electron chi connectivity index (χ1n) is 6.28. The summed E-state index contributed by atoms with van der Waals surface area (Å²) >= 11 is 4.54. The van der Waals surface area contributed by atoms with Crippen LogP contribution in [-0.2, 0) is 4.79 Å². The van der Waals surface area contributed by atoms with E-state index in [1.54, 1.807) is 28.5 Å². The summed E-state index contributed by atoms with van der Waals surface area (Å²) in [5.41, 5.74) is 0.335. The molecule has 1 atom stereocenters. The van der Waals surface area contributed by atoms with Crippen molar-refractivity contribution in [1.29, 1.82) is 0 Å². The summed E-state index contributed by atoms with van der Waals surface area (Å²) < 4.78 is 0. The van der Waals surface area contributed by atoms with Crippen LogP contribution in [0.15, 0.2) is 22.9 Å². The number of thiophene rings is 1. The van der Waals surface area contributed by atoms with Gasteiger partial charge in [-0.25, -0.2) is 9.78 Å². The van der Waals surface area contributed by atoms with Gasteiger partial charge in [0.05, 0.1) is 4.88 Å². The van der Waals surface area contributed by atoms with Crippen molar-refractivity contribution in [2.24, 2.45) is 0 Å². The van der Waals surface area contributed by atoms with E-state index in [4.69, 9.17) is 0 Å². The van der Waals surface area contributed by atoms with Gasteiger partial charge in [-0.05, 0) is 11.4 Å². The summed E-state index contributed by atoms with van der Waals surface area (Å²) in [5, 5.41) is 13.7. The average Bonchev–Trinajstić information content (AvgIpc) is 3.17. The molecule has 110 valence electrons. The molecule has 2 aromatic heterocycles. The third kappa shape index (κ3) is 2.97. The Labute approximate surface area is 133 Å². The van der Waals surface area contributed by atoms with Crippen molar-refractivity contribution in [3.05, 3.63) is 28.6 Å². The van der Waals surface area contributed by atoms with Crippen LogP contribution in [0.5, 0.6) is 0 Å². The third-order valence-corrected chi connectivity index (χ3v) is 6.03. The lowest BCUT2D eigenvalue weighted by atomic mass is 10.2. The Kier molecular flexibility index (Phi) is 4.27. The molecule has 8 heteroatoms. The SMILES string of the molecule is O=C(O)C1CSCCN1C(=O)c1csc(-c2cccs2)n1. The van der Waals surface area contributed by atoms with Gasteiger partial charge >= 0.3 is 5.97 Å². The van der Waals surface area contributed by atoms with E-state index >= 15 is 0 Å². The van der Waals surface area contributed by atoms with Crippen molar-refractivity contribution in [2.45, 2.75) is 6.04 Å². The lowest BCUT2D eigenvalue weighted by Gasteiger charge is -2.32. The zero-order chi connectivity index (χ0) is 14.8. The maximum absolute atomic E-state index is 12.5. The van der Waals surface area contributed by atoms with E-state index in [-0.39, 0.29) is 5.91 Å². The Morgan fingerprint density at radius 2 is 2.24 bits per heavy atom. The van der Waals surface area contributed by atoms with E-state index in [1.807, 2.05) is 17.5 Å². The second-order valence-corrected chi connectivity index (χ2v) is 7.40. The van der Waals surface area contributed by atoms with Gasteiger partial charge in [0.2, 0.25) is 0 Å². The van der Waals surface area contributed by atoms with Crippen LogP contribution in [0.25, 0.3) is 9.88 Å². The highest BCUT2D eigenvalue weighted by Gasteiger charge is 2.33. The van der Waals surface area contributed by atoms with Crippen molar-refractivity contribution in [3.8, 4) is 9.88 Å². The molecule has 5 nitrogen and oxygen atoms in total. The topological polar surface area (TPSA) is 70.5 Å². The monoisotopic (exact) mass is 340 g/mol. The molecule has 0 aromatic carbocycles. The molecule has 21 heavy (non-hydrogen) atoms. The molecule has 3 rings (SSSR count). The van der Waals surface area contributed by atoms with Crippen LogP contribution in [0.2, 0.25) is 0 Å². The van der Waals surface area contributed by atoms with Gasteiger partial charge in [-0.2, -0.15) is 11.8 Å². The molecule has 1 amide bonds. The highest BCUT2D eigenvalue weighted by molar-refractivity contribution is 7.99. The van der Waals surface area contributed by atoms with Gasteiger partial charge in [-0.15, -0.1) is 22.7 Å². The van der Waals surface area contributed by atoms with E-state index in [2.05, 4.69) is 4.98 Å². The minimum Gasteiger partial charge on any atom is -0.480 e. The number of carbonyl (C=O) groups excluding carboxylic acids is 1. The van der Waals surface area contributed by atoms with Crippen molar-refractivity contribution in [1.82, 2.24) is 9.88 Å². The molecule has 1 aliphatic rings. The molecule has 1 saturated heterocycles. The third-order valence-electron chi connectivity index (χ3n) is 3.13. The number of carboxylic acids is 1. The van der Waals surface area contributed by atoms with Crippen LogP contribution in [0.3, 0.4) is 0 Å². The fraction of sp³-hybridized carbons (Fsp3) is 0.308. The number of thioether (sulfide) groups is 1. The largest absolute Gasteiger partial charge is 0.480 e. The smallest absolute Gasteiger partial charge is 0.327 e.